The van der Waals surface area contributed by atoms with E-state index < -0.39 is 0 Å². The molecular weight excluding hydrogens is 476 g/mol. The van der Waals surface area contributed by atoms with E-state index >= 15 is 0 Å². The van der Waals surface area contributed by atoms with Gasteiger partial charge in [-0.05, 0) is 51.0 Å². The van der Waals surface area contributed by atoms with Gasteiger partial charge in [0.25, 0.3) is 0 Å². The number of thiophene rings is 2. The molecule has 0 aliphatic heterocycles. The number of aryl methyl sites for hydroxylation is 2. The van der Waals surface area contributed by atoms with Crippen LogP contribution < -0.4 is 0 Å². The van der Waals surface area contributed by atoms with Gasteiger partial charge in [-0.1, -0.05) is 12.1 Å². The molecule has 0 saturated carbocycles. The van der Waals surface area contributed by atoms with Gasteiger partial charge >= 0.3 is 11.9 Å². The van der Waals surface area contributed by atoms with Crippen LogP contribution in [-0.2, 0) is 31.9 Å². The summed E-state index contributed by atoms with van der Waals surface area (Å²) in [6.07, 6.45) is 0.537. The van der Waals surface area contributed by atoms with Crippen LogP contribution in [0.25, 0.3) is 31.9 Å². The first kappa shape index (κ1) is 23.5. The first-order valence-electron chi connectivity index (χ1n) is 10.7. The van der Waals surface area contributed by atoms with Gasteiger partial charge in [-0.25, -0.2) is 0 Å². The highest BCUT2D eigenvalue weighted by Gasteiger charge is 2.19. The van der Waals surface area contributed by atoms with E-state index in [1.165, 1.54) is 11.7 Å². The van der Waals surface area contributed by atoms with Crippen LogP contribution in [0.5, 0.6) is 0 Å². The van der Waals surface area contributed by atoms with Crippen LogP contribution in [0.15, 0.2) is 24.3 Å². The largest absolute Gasteiger partial charge is 0.466 e. The second-order valence-corrected chi connectivity index (χ2v) is 10.5. The highest BCUT2D eigenvalue weighted by atomic mass is 32.1. The summed E-state index contributed by atoms with van der Waals surface area (Å²) in [6.45, 7) is 8.43. The molecule has 0 N–H and O–H groups in total. The van der Waals surface area contributed by atoms with Crippen LogP contribution >= 0.6 is 34.4 Å². The predicted octanol–water partition coefficient (Wildman–Crippen LogP) is 5.98. The molecule has 0 radical (unpaired) electrons. The number of hydrogen-bond donors (Lipinski definition) is 0. The average Bonchev–Trinajstić information content (AvgIpc) is 3.48. The van der Waals surface area contributed by atoms with E-state index in [1.807, 2.05) is 27.7 Å². The summed E-state index contributed by atoms with van der Waals surface area (Å²) >= 11 is 4.48. The number of aromatic nitrogens is 2. The van der Waals surface area contributed by atoms with Crippen LogP contribution in [-0.4, -0.2) is 33.9 Å². The quantitative estimate of drug-likeness (QED) is 0.277. The van der Waals surface area contributed by atoms with Crippen molar-refractivity contribution in [1.82, 2.24) is 8.75 Å². The first-order chi connectivity index (χ1) is 15.9. The maximum atomic E-state index is 11.9. The second kappa shape index (κ2) is 10.1. The Bertz CT molecular complexity index is 1220. The van der Waals surface area contributed by atoms with E-state index in [4.69, 9.17) is 9.47 Å². The van der Waals surface area contributed by atoms with Gasteiger partial charge in [0.15, 0.2) is 0 Å². The van der Waals surface area contributed by atoms with E-state index in [1.54, 1.807) is 22.7 Å². The van der Waals surface area contributed by atoms with E-state index in [-0.39, 0.29) is 24.8 Å². The Balaban J connectivity index is 1.68. The number of carbonyl (C=O) groups excluding carboxylic acids is 2. The molecule has 6 nitrogen and oxygen atoms in total. The van der Waals surface area contributed by atoms with Crippen molar-refractivity contribution in [3.8, 4) is 20.9 Å². The van der Waals surface area contributed by atoms with Crippen molar-refractivity contribution in [3.63, 3.8) is 0 Å². The van der Waals surface area contributed by atoms with Crippen molar-refractivity contribution in [3.05, 3.63) is 45.1 Å². The number of esters is 2. The number of benzene rings is 1. The Hall–Kier alpha value is -2.62. The van der Waals surface area contributed by atoms with E-state index in [2.05, 4.69) is 33.0 Å². The SMILES string of the molecule is CCOC(=O)Cc1cc(-c2ccc(-c3cc(CC(=O)OCC)c(C)s3)c3nsnc23)sc1C. The van der Waals surface area contributed by atoms with Gasteiger partial charge < -0.3 is 9.47 Å². The van der Waals surface area contributed by atoms with Crippen molar-refractivity contribution in [2.45, 2.75) is 40.5 Å². The first-order valence-corrected chi connectivity index (χ1v) is 13.0. The molecule has 4 aromatic rings. The number of fused-ring (bicyclic) bond motifs is 1. The van der Waals surface area contributed by atoms with Crippen LogP contribution in [0, 0.1) is 13.8 Å². The van der Waals surface area contributed by atoms with Crippen LogP contribution in [0.2, 0.25) is 0 Å². The average molecular weight is 501 g/mol. The molecule has 33 heavy (non-hydrogen) atoms. The fraction of sp³-hybridized carbons (Fsp3) is 0.333. The summed E-state index contributed by atoms with van der Waals surface area (Å²) in [4.78, 5) is 28.2. The number of rotatable bonds is 8. The highest BCUT2D eigenvalue weighted by molar-refractivity contribution is 7.16. The molecule has 0 aliphatic rings. The number of hydrogen-bond acceptors (Lipinski definition) is 9. The minimum absolute atomic E-state index is 0.215. The molecule has 3 aromatic heterocycles. The molecule has 0 unspecified atom stereocenters. The Morgan fingerprint density at radius 3 is 1.61 bits per heavy atom. The molecule has 0 amide bonds. The maximum absolute atomic E-state index is 11.9. The highest BCUT2D eigenvalue weighted by Crippen LogP contribution is 2.41. The van der Waals surface area contributed by atoms with Crippen molar-refractivity contribution in [1.29, 1.82) is 0 Å². The van der Waals surface area contributed by atoms with Crippen LogP contribution in [0.1, 0.15) is 34.7 Å². The van der Waals surface area contributed by atoms with Crippen molar-refractivity contribution in [2.24, 2.45) is 0 Å². The Morgan fingerprint density at radius 1 is 0.788 bits per heavy atom. The molecule has 172 valence electrons. The van der Waals surface area contributed by atoms with Crippen molar-refractivity contribution in [2.75, 3.05) is 13.2 Å². The normalized spacial score (nSPS) is 11.2. The van der Waals surface area contributed by atoms with E-state index in [9.17, 15) is 9.59 Å². The van der Waals surface area contributed by atoms with Gasteiger partial charge in [0.1, 0.15) is 11.0 Å². The Labute approximate surface area is 204 Å². The molecule has 0 bridgehead atoms. The summed E-state index contributed by atoms with van der Waals surface area (Å²) < 4.78 is 19.4. The molecule has 3 heterocycles. The summed E-state index contributed by atoms with van der Waals surface area (Å²) in [7, 11) is 0. The molecule has 0 aliphatic carbocycles. The lowest BCUT2D eigenvalue weighted by Crippen LogP contribution is -2.07. The summed E-state index contributed by atoms with van der Waals surface area (Å²) in [6, 6.07) is 8.24. The zero-order chi connectivity index (χ0) is 23.5. The molecule has 1 aromatic carbocycles. The molecule has 0 saturated heterocycles. The maximum Gasteiger partial charge on any atom is 0.310 e. The van der Waals surface area contributed by atoms with Gasteiger partial charge in [0.2, 0.25) is 0 Å². The van der Waals surface area contributed by atoms with E-state index in [0.29, 0.717) is 13.2 Å². The summed E-state index contributed by atoms with van der Waals surface area (Å²) in [5, 5.41) is 0. The standard InChI is InChI=1S/C24H24N2O4S3/c1-5-29-21(27)11-15-9-19(31-13(15)3)17-7-8-18(24-23(17)25-33-26-24)20-10-16(14(4)32-20)12-22(28)30-6-2/h7-10H,5-6,11-12H2,1-4H3. The monoisotopic (exact) mass is 500 g/mol. The van der Waals surface area contributed by atoms with Gasteiger partial charge in [-0.15, -0.1) is 22.7 Å². The van der Waals surface area contributed by atoms with Crippen molar-refractivity contribution < 1.29 is 19.1 Å². The number of nitrogens with zero attached hydrogens (tertiary/aromatic N) is 2. The lowest BCUT2D eigenvalue weighted by Gasteiger charge is -2.03. The zero-order valence-electron chi connectivity index (χ0n) is 18.9. The smallest absolute Gasteiger partial charge is 0.310 e. The summed E-state index contributed by atoms with van der Waals surface area (Å²) in [5.41, 5.74) is 5.66. The van der Waals surface area contributed by atoms with Crippen LogP contribution in [0.4, 0.5) is 0 Å². The Morgan fingerprint density at radius 2 is 1.21 bits per heavy atom. The van der Waals surface area contributed by atoms with Gasteiger partial charge in [0, 0.05) is 30.6 Å². The third kappa shape index (κ3) is 5.00. The molecule has 0 spiro atoms. The molecule has 9 heteroatoms. The lowest BCUT2D eigenvalue weighted by atomic mass is 10.0. The van der Waals surface area contributed by atoms with Gasteiger partial charge in [-0.3, -0.25) is 9.59 Å². The molecular formula is C24H24N2O4S3. The molecule has 0 atom stereocenters. The van der Waals surface area contributed by atoms with Gasteiger partial charge in [-0.2, -0.15) is 8.75 Å². The molecule has 0 fully saturated rings. The number of ether oxygens (including phenoxy) is 2. The minimum Gasteiger partial charge on any atom is -0.466 e. The third-order valence-electron chi connectivity index (χ3n) is 5.27. The van der Waals surface area contributed by atoms with Gasteiger partial charge in [0.05, 0.1) is 37.8 Å². The fourth-order valence-corrected chi connectivity index (χ4v) is 6.36. The topological polar surface area (TPSA) is 78.4 Å². The number of carbonyl (C=O) groups is 2. The van der Waals surface area contributed by atoms with E-state index in [0.717, 1.165) is 52.8 Å². The second-order valence-electron chi connectivity index (χ2n) is 7.47. The third-order valence-corrected chi connectivity index (χ3v) is 8.05. The lowest BCUT2D eigenvalue weighted by molar-refractivity contribution is -0.143. The summed E-state index contributed by atoms with van der Waals surface area (Å²) in [5.74, 6) is -0.431. The Kier molecular flexibility index (Phi) is 7.21. The minimum atomic E-state index is -0.215. The van der Waals surface area contributed by atoms with Crippen molar-refractivity contribution >= 4 is 57.4 Å². The van der Waals surface area contributed by atoms with Crippen LogP contribution in [0.3, 0.4) is 0 Å². The molecule has 4 rings (SSSR count). The fourth-order valence-electron chi connectivity index (χ4n) is 3.66. The predicted molar refractivity (Wildman–Crippen MR) is 134 cm³/mol. The zero-order valence-corrected chi connectivity index (χ0v) is 21.3.